The Balaban J connectivity index is 1.80. The number of nitrogens with one attached hydrogen (secondary N) is 1. The first-order valence-electron chi connectivity index (χ1n) is 7.31. The Bertz CT molecular complexity index is 840. The zero-order valence-electron chi connectivity index (χ0n) is 12.8. The van der Waals surface area contributed by atoms with Crippen molar-refractivity contribution in [1.29, 1.82) is 0 Å². The number of anilines is 1. The number of para-hydroxylation sites is 1. The largest absolute Gasteiger partial charge is 0.487 e. The van der Waals surface area contributed by atoms with Gasteiger partial charge in [0.05, 0.1) is 15.8 Å². The van der Waals surface area contributed by atoms with Crippen LogP contribution in [0.5, 0.6) is 5.75 Å². The summed E-state index contributed by atoms with van der Waals surface area (Å²) in [5.41, 5.74) is 1.55. The molecule has 0 spiro atoms. The van der Waals surface area contributed by atoms with Gasteiger partial charge in [0.25, 0.3) is 6.43 Å². The molecule has 8 heteroatoms. The third-order valence-electron chi connectivity index (χ3n) is 3.44. The van der Waals surface area contributed by atoms with E-state index in [-0.39, 0.29) is 6.04 Å². The third-order valence-corrected chi connectivity index (χ3v) is 4.20. The molecular weight excluding hydrogens is 429 g/mol. The maximum absolute atomic E-state index is 12.4. The second-order valence-corrected chi connectivity index (χ2v) is 6.34. The molecule has 1 atom stereocenters. The molecule has 0 radical (unpaired) electrons. The van der Waals surface area contributed by atoms with Crippen LogP contribution in [0.3, 0.4) is 0 Å². The van der Waals surface area contributed by atoms with Crippen molar-refractivity contribution in [1.82, 2.24) is 14.6 Å². The monoisotopic (exact) mass is 444 g/mol. The van der Waals surface area contributed by atoms with Crippen LogP contribution in [0.2, 0.25) is 0 Å². The Hall–Kier alpha value is -1.97. The smallest absolute Gasteiger partial charge is 0.272 e. The highest BCUT2D eigenvalue weighted by atomic mass is 127. The SMILES string of the molecule is CC(Nc1ccn2ncc(I)c2n1)c1ccccc1OCC(F)F. The quantitative estimate of drug-likeness (QED) is 0.581. The fraction of sp³-hybridized carbons (Fsp3) is 0.250. The molecule has 0 aliphatic carbocycles. The maximum atomic E-state index is 12.4. The zero-order valence-corrected chi connectivity index (χ0v) is 14.9. The molecule has 0 aliphatic rings. The van der Waals surface area contributed by atoms with Crippen LogP contribution in [0, 0.1) is 3.57 Å². The molecule has 0 bridgehead atoms. The van der Waals surface area contributed by atoms with Crippen molar-refractivity contribution in [3.63, 3.8) is 0 Å². The molecule has 3 aromatic rings. The van der Waals surface area contributed by atoms with Gasteiger partial charge in [0.15, 0.2) is 5.65 Å². The molecule has 1 unspecified atom stereocenters. The van der Waals surface area contributed by atoms with Crippen molar-refractivity contribution in [2.45, 2.75) is 19.4 Å². The molecule has 0 saturated carbocycles. The summed E-state index contributed by atoms with van der Waals surface area (Å²) in [6.45, 7) is 1.31. The highest BCUT2D eigenvalue weighted by Crippen LogP contribution is 2.28. The lowest BCUT2D eigenvalue weighted by molar-refractivity contribution is 0.0813. The summed E-state index contributed by atoms with van der Waals surface area (Å²) in [6.07, 6.45) is 1.05. The highest BCUT2D eigenvalue weighted by molar-refractivity contribution is 14.1. The number of benzene rings is 1. The lowest BCUT2D eigenvalue weighted by Gasteiger charge is -2.18. The number of hydrogen-bond acceptors (Lipinski definition) is 4. The Morgan fingerprint density at radius 1 is 1.29 bits per heavy atom. The average Bonchev–Trinajstić information content (AvgIpc) is 2.94. The zero-order chi connectivity index (χ0) is 17.1. The van der Waals surface area contributed by atoms with Gasteiger partial charge in [-0.1, -0.05) is 18.2 Å². The number of fused-ring (bicyclic) bond motifs is 1. The highest BCUT2D eigenvalue weighted by Gasteiger charge is 2.14. The number of nitrogens with zero attached hydrogens (tertiary/aromatic N) is 3. The molecule has 0 aliphatic heterocycles. The summed E-state index contributed by atoms with van der Waals surface area (Å²) in [5, 5.41) is 7.45. The first-order valence-corrected chi connectivity index (χ1v) is 8.39. The molecular formula is C16H15F2IN4O. The topological polar surface area (TPSA) is 51.5 Å². The summed E-state index contributed by atoms with van der Waals surface area (Å²) in [5.74, 6) is 1.12. The summed E-state index contributed by atoms with van der Waals surface area (Å²) in [7, 11) is 0. The second kappa shape index (κ2) is 7.29. The van der Waals surface area contributed by atoms with Crippen LogP contribution in [0.4, 0.5) is 14.6 Å². The van der Waals surface area contributed by atoms with E-state index >= 15 is 0 Å². The summed E-state index contributed by atoms with van der Waals surface area (Å²) in [4.78, 5) is 4.53. The van der Waals surface area contributed by atoms with Gasteiger partial charge in [0, 0.05) is 11.8 Å². The molecule has 24 heavy (non-hydrogen) atoms. The van der Waals surface area contributed by atoms with Crippen molar-refractivity contribution < 1.29 is 13.5 Å². The molecule has 0 fully saturated rings. The van der Waals surface area contributed by atoms with Crippen LogP contribution < -0.4 is 10.1 Å². The van der Waals surface area contributed by atoms with Crippen molar-refractivity contribution in [3.8, 4) is 5.75 Å². The van der Waals surface area contributed by atoms with E-state index in [4.69, 9.17) is 4.74 Å². The molecule has 0 saturated heterocycles. The van der Waals surface area contributed by atoms with Crippen molar-refractivity contribution >= 4 is 34.1 Å². The van der Waals surface area contributed by atoms with Crippen LogP contribution in [0.1, 0.15) is 18.5 Å². The van der Waals surface area contributed by atoms with Crippen LogP contribution in [-0.2, 0) is 0 Å². The van der Waals surface area contributed by atoms with Crippen molar-refractivity contribution in [3.05, 3.63) is 51.9 Å². The Kier molecular flexibility index (Phi) is 5.12. The molecule has 2 heterocycles. The van der Waals surface area contributed by atoms with Crippen LogP contribution in [0.25, 0.3) is 5.65 Å². The summed E-state index contributed by atoms with van der Waals surface area (Å²) >= 11 is 2.17. The van der Waals surface area contributed by atoms with Gasteiger partial charge >= 0.3 is 0 Å². The Morgan fingerprint density at radius 3 is 2.88 bits per heavy atom. The number of hydrogen-bond donors (Lipinski definition) is 1. The minimum atomic E-state index is -2.51. The number of alkyl halides is 2. The third kappa shape index (κ3) is 3.74. The predicted molar refractivity (Wildman–Crippen MR) is 95.7 cm³/mol. The Morgan fingerprint density at radius 2 is 2.08 bits per heavy atom. The molecule has 2 aromatic heterocycles. The first kappa shape index (κ1) is 16.9. The summed E-state index contributed by atoms with van der Waals surface area (Å²) < 4.78 is 32.6. The number of halogens is 3. The van der Waals surface area contributed by atoms with E-state index in [9.17, 15) is 8.78 Å². The standard InChI is InChI=1S/C16H15F2IN4O/c1-10(11-4-2-3-5-13(11)24-9-14(17)18)21-15-6-7-23-16(22-15)12(19)8-20-23/h2-8,10,14H,9H2,1H3,(H,21,22). The van der Waals surface area contributed by atoms with Gasteiger partial charge in [-0.3, -0.25) is 0 Å². The van der Waals surface area contributed by atoms with E-state index < -0.39 is 13.0 Å². The van der Waals surface area contributed by atoms with Gasteiger partial charge in [-0.25, -0.2) is 18.3 Å². The van der Waals surface area contributed by atoms with Gasteiger partial charge in [0.1, 0.15) is 18.2 Å². The fourth-order valence-corrected chi connectivity index (χ4v) is 2.84. The van der Waals surface area contributed by atoms with E-state index in [1.807, 2.05) is 31.3 Å². The van der Waals surface area contributed by atoms with Gasteiger partial charge < -0.3 is 10.1 Å². The normalized spacial score (nSPS) is 12.5. The van der Waals surface area contributed by atoms with E-state index in [0.29, 0.717) is 11.6 Å². The number of rotatable bonds is 6. The molecule has 1 N–H and O–H groups in total. The Labute approximate surface area is 151 Å². The fourth-order valence-electron chi connectivity index (χ4n) is 2.34. The van der Waals surface area contributed by atoms with E-state index in [2.05, 4.69) is 38.0 Å². The van der Waals surface area contributed by atoms with Gasteiger partial charge in [-0.2, -0.15) is 5.10 Å². The van der Waals surface area contributed by atoms with Crippen molar-refractivity contribution in [2.75, 3.05) is 11.9 Å². The molecule has 1 aromatic carbocycles. The predicted octanol–water partition coefficient (Wildman–Crippen LogP) is 4.15. The average molecular weight is 444 g/mol. The number of aromatic nitrogens is 3. The summed E-state index contributed by atoms with van der Waals surface area (Å²) in [6, 6.07) is 8.80. The van der Waals surface area contributed by atoms with Crippen LogP contribution in [0.15, 0.2) is 42.7 Å². The van der Waals surface area contributed by atoms with Crippen LogP contribution >= 0.6 is 22.6 Å². The molecule has 5 nitrogen and oxygen atoms in total. The molecule has 3 rings (SSSR count). The van der Waals surface area contributed by atoms with Gasteiger partial charge in [-0.15, -0.1) is 0 Å². The van der Waals surface area contributed by atoms with E-state index in [0.717, 1.165) is 14.8 Å². The maximum Gasteiger partial charge on any atom is 0.272 e. The lowest BCUT2D eigenvalue weighted by Crippen LogP contribution is -2.13. The first-order chi connectivity index (χ1) is 11.5. The lowest BCUT2D eigenvalue weighted by atomic mass is 10.1. The van der Waals surface area contributed by atoms with Gasteiger partial charge in [0.2, 0.25) is 0 Å². The molecule has 126 valence electrons. The van der Waals surface area contributed by atoms with Crippen LogP contribution in [-0.4, -0.2) is 27.6 Å². The molecule has 0 amide bonds. The van der Waals surface area contributed by atoms with Gasteiger partial charge in [-0.05, 0) is 41.6 Å². The number of ether oxygens (including phenoxy) is 1. The minimum absolute atomic E-state index is 0.158. The van der Waals surface area contributed by atoms with Crippen molar-refractivity contribution in [2.24, 2.45) is 0 Å². The van der Waals surface area contributed by atoms with E-state index in [1.54, 1.807) is 22.8 Å². The second-order valence-electron chi connectivity index (χ2n) is 5.18. The van der Waals surface area contributed by atoms with E-state index in [1.165, 1.54) is 0 Å². The minimum Gasteiger partial charge on any atom is -0.487 e.